The van der Waals surface area contributed by atoms with Crippen LogP contribution in [0.5, 0.6) is 0 Å². The van der Waals surface area contributed by atoms with E-state index in [-0.39, 0.29) is 0 Å². The molecule has 0 bridgehead atoms. The van der Waals surface area contributed by atoms with Gasteiger partial charge in [-0.3, -0.25) is 0 Å². The van der Waals surface area contributed by atoms with Crippen LogP contribution in [0, 0.1) is 0 Å². The fourth-order valence-electron chi connectivity index (χ4n) is 4.29. The second-order valence-electron chi connectivity index (χ2n) is 8.60. The van der Waals surface area contributed by atoms with Gasteiger partial charge in [-0.25, -0.2) is 0 Å². The van der Waals surface area contributed by atoms with Crippen LogP contribution < -0.4 is 4.57 Å². The Balaban J connectivity index is 0.000000617. The molecule has 0 saturated heterocycles. The van der Waals surface area contributed by atoms with Crippen molar-refractivity contribution in [2.45, 2.75) is 13.0 Å². The minimum Gasteiger partial charge on any atom is -0.418 e. The summed E-state index contributed by atoms with van der Waals surface area (Å²) in [6.07, 6.45) is 0.941. The molecule has 5 aromatic rings. The molecule has 0 aliphatic rings. The third-order valence-corrected chi connectivity index (χ3v) is 6.75. The Bertz CT molecular complexity index is 1390. The molecule has 0 amide bonds. The van der Waals surface area contributed by atoms with Crippen molar-refractivity contribution in [2.24, 2.45) is 0 Å². The van der Waals surface area contributed by atoms with Gasteiger partial charge in [-0.2, -0.15) is 4.57 Å². The number of hydrogen-bond acceptors (Lipinski definition) is 0. The van der Waals surface area contributed by atoms with Crippen LogP contribution in [-0.4, -0.2) is 7.25 Å². The normalized spacial score (nSPS) is 11.0. The van der Waals surface area contributed by atoms with E-state index in [1.165, 1.54) is 39.2 Å². The fraction of sp³-hybridized carbons (Fsp3) is 0.0645. The first-order valence-corrected chi connectivity index (χ1v) is 12.9. The molecular formula is C31H25BBrF4N. The van der Waals surface area contributed by atoms with Crippen LogP contribution >= 0.6 is 15.9 Å². The van der Waals surface area contributed by atoms with Crippen LogP contribution in [0.15, 0.2) is 132 Å². The lowest BCUT2D eigenvalue weighted by Gasteiger charge is -2.13. The summed E-state index contributed by atoms with van der Waals surface area (Å²) in [5.74, 6) is 0. The van der Waals surface area contributed by atoms with Gasteiger partial charge in [0.05, 0.1) is 0 Å². The van der Waals surface area contributed by atoms with Crippen molar-refractivity contribution >= 4 is 23.2 Å². The molecule has 0 atom stereocenters. The SMILES string of the molecule is Brc1ccccc1CC[n+]1c(-c2ccccc2)cc(-c2ccccc2)cc1-c1ccccc1.F[B-](F)(F)F. The highest BCUT2D eigenvalue weighted by Gasteiger charge is 2.23. The molecule has 7 heteroatoms. The van der Waals surface area contributed by atoms with Crippen molar-refractivity contribution in [3.8, 4) is 33.6 Å². The van der Waals surface area contributed by atoms with Gasteiger partial charge in [0.1, 0.15) is 0 Å². The van der Waals surface area contributed by atoms with Crippen molar-refractivity contribution in [3.05, 3.63) is 137 Å². The molecule has 0 spiro atoms. The second-order valence-corrected chi connectivity index (χ2v) is 9.45. The molecule has 5 rings (SSSR count). The van der Waals surface area contributed by atoms with E-state index in [4.69, 9.17) is 0 Å². The Hall–Kier alpha value is -3.71. The van der Waals surface area contributed by atoms with Crippen molar-refractivity contribution in [2.75, 3.05) is 0 Å². The lowest BCUT2D eigenvalue weighted by atomic mass is 9.98. The van der Waals surface area contributed by atoms with Crippen LogP contribution in [0.25, 0.3) is 33.6 Å². The van der Waals surface area contributed by atoms with E-state index in [0.717, 1.165) is 17.4 Å². The molecule has 192 valence electrons. The zero-order valence-corrected chi connectivity index (χ0v) is 22.0. The molecule has 0 saturated carbocycles. The zero-order chi connectivity index (χ0) is 27.0. The molecule has 1 heterocycles. The summed E-state index contributed by atoms with van der Waals surface area (Å²) >= 11 is 3.73. The largest absolute Gasteiger partial charge is 0.673 e. The van der Waals surface area contributed by atoms with Gasteiger partial charge in [0.15, 0.2) is 6.54 Å². The molecule has 0 aliphatic carbocycles. The summed E-state index contributed by atoms with van der Waals surface area (Å²) in [4.78, 5) is 0. The lowest BCUT2D eigenvalue weighted by Crippen LogP contribution is -2.40. The maximum atomic E-state index is 9.75. The standard InChI is InChI=1S/C31H25BrN.BF4/c32-29-19-11-10-14-25(29)20-21-33-30(26-15-6-2-7-16-26)22-28(24-12-4-1-5-13-24)23-31(33)27-17-8-3-9-18-27;2-1(3,4)5/h1-19,22-23H,20-21H2;/q+1;-1. The topological polar surface area (TPSA) is 3.88 Å². The maximum Gasteiger partial charge on any atom is 0.673 e. The second kappa shape index (κ2) is 12.7. The van der Waals surface area contributed by atoms with Gasteiger partial charge in [0, 0.05) is 34.2 Å². The highest BCUT2D eigenvalue weighted by Crippen LogP contribution is 2.29. The average molecular weight is 578 g/mol. The molecule has 1 aromatic heterocycles. The third-order valence-electron chi connectivity index (χ3n) is 5.97. The molecule has 38 heavy (non-hydrogen) atoms. The van der Waals surface area contributed by atoms with E-state index in [1.807, 2.05) is 0 Å². The molecule has 0 aliphatic heterocycles. The fourth-order valence-corrected chi connectivity index (χ4v) is 4.77. The first kappa shape index (κ1) is 27.3. The van der Waals surface area contributed by atoms with E-state index >= 15 is 0 Å². The molecule has 1 nitrogen and oxygen atoms in total. The minimum atomic E-state index is -6.00. The van der Waals surface area contributed by atoms with E-state index in [9.17, 15) is 17.3 Å². The number of halogens is 5. The van der Waals surface area contributed by atoms with Crippen molar-refractivity contribution < 1.29 is 21.8 Å². The van der Waals surface area contributed by atoms with Gasteiger partial charge >= 0.3 is 7.25 Å². The number of aryl methyl sites for hydroxylation is 1. The molecule has 0 fully saturated rings. The number of hydrogen-bond donors (Lipinski definition) is 0. The van der Waals surface area contributed by atoms with E-state index in [1.54, 1.807) is 0 Å². The van der Waals surface area contributed by atoms with Crippen molar-refractivity contribution in [1.29, 1.82) is 0 Å². The van der Waals surface area contributed by atoms with Gasteiger partial charge in [-0.15, -0.1) is 0 Å². The molecule has 4 aromatic carbocycles. The Morgan fingerprint density at radius 1 is 0.526 bits per heavy atom. The van der Waals surface area contributed by atoms with E-state index in [2.05, 4.69) is 148 Å². The summed E-state index contributed by atoms with van der Waals surface area (Å²) in [6, 6.07) is 45.2. The van der Waals surface area contributed by atoms with Gasteiger partial charge < -0.3 is 17.3 Å². The van der Waals surface area contributed by atoms with Crippen LogP contribution in [-0.2, 0) is 13.0 Å². The molecule has 0 radical (unpaired) electrons. The summed E-state index contributed by atoms with van der Waals surface area (Å²) < 4.78 is 42.6. The van der Waals surface area contributed by atoms with E-state index < -0.39 is 7.25 Å². The van der Waals surface area contributed by atoms with Crippen LogP contribution in [0.2, 0.25) is 0 Å². The van der Waals surface area contributed by atoms with Gasteiger partial charge in [0.25, 0.3) is 0 Å². The number of aromatic nitrogens is 1. The lowest BCUT2D eigenvalue weighted by molar-refractivity contribution is -0.675. The van der Waals surface area contributed by atoms with Crippen molar-refractivity contribution in [1.82, 2.24) is 0 Å². The highest BCUT2D eigenvalue weighted by molar-refractivity contribution is 9.10. The molecule has 0 unspecified atom stereocenters. The van der Waals surface area contributed by atoms with Crippen LogP contribution in [0.1, 0.15) is 5.56 Å². The first-order valence-electron chi connectivity index (χ1n) is 12.1. The summed E-state index contributed by atoms with van der Waals surface area (Å²) in [5.41, 5.74) is 8.66. The number of nitrogens with zero attached hydrogens (tertiary/aromatic N) is 1. The van der Waals surface area contributed by atoms with E-state index in [0.29, 0.717) is 0 Å². The average Bonchev–Trinajstić information content (AvgIpc) is 2.93. The number of pyridine rings is 1. The Kier molecular flexibility index (Phi) is 9.13. The summed E-state index contributed by atoms with van der Waals surface area (Å²) in [5, 5.41) is 0. The van der Waals surface area contributed by atoms with Gasteiger partial charge in [-0.1, -0.05) is 101 Å². The monoisotopic (exact) mass is 577 g/mol. The van der Waals surface area contributed by atoms with Crippen LogP contribution in [0.3, 0.4) is 0 Å². The maximum absolute atomic E-state index is 9.75. The Morgan fingerprint density at radius 2 is 0.921 bits per heavy atom. The molecular weight excluding hydrogens is 553 g/mol. The highest BCUT2D eigenvalue weighted by atomic mass is 79.9. The van der Waals surface area contributed by atoms with Gasteiger partial charge in [-0.05, 0) is 47.0 Å². The Labute approximate surface area is 228 Å². The summed E-state index contributed by atoms with van der Waals surface area (Å²) in [7, 11) is -6.00. The smallest absolute Gasteiger partial charge is 0.418 e. The number of rotatable bonds is 6. The molecule has 0 N–H and O–H groups in total. The Morgan fingerprint density at radius 3 is 1.37 bits per heavy atom. The van der Waals surface area contributed by atoms with Gasteiger partial charge in [0.2, 0.25) is 11.4 Å². The third kappa shape index (κ3) is 7.65. The quantitative estimate of drug-likeness (QED) is 0.107. The predicted molar refractivity (Wildman–Crippen MR) is 151 cm³/mol. The van der Waals surface area contributed by atoms with Crippen molar-refractivity contribution in [3.63, 3.8) is 0 Å². The number of benzene rings is 4. The minimum absolute atomic E-state index is 0.881. The zero-order valence-electron chi connectivity index (χ0n) is 20.5. The predicted octanol–water partition coefficient (Wildman–Crippen LogP) is 9.28. The summed E-state index contributed by atoms with van der Waals surface area (Å²) in [6.45, 7) is 0.881. The van der Waals surface area contributed by atoms with Crippen LogP contribution in [0.4, 0.5) is 17.3 Å². The first-order chi connectivity index (χ1) is 18.3.